The highest BCUT2D eigenvalue weighted by atomic mass is 32.1. The Bertz CT molecular complexity index is 462. The fraction of sp³-hybridized carbons (Fsp3) is 0.571. The quantitative estimate of drug-likeness (QED) is 0.898. The molecule has 1 aromatic heterocycles. The highest BCUT2D eigenvalue weighted by molar-refractivity contribution is 7.10. The summed E-state index contributed by atoms with van der Waals surface area (Å²) in [5, 5.41) is 4.87. The molecule has 0 spiro atoms. The molecule has 0 aromatic carbocycles. The SMILES string of the molecule is O=C1CC[C@@H](C(=O)N2CCC[C@@H]2c2cccs2)CN1. The van der Waals surface area contributed by atoms with Crippen LogP contribution in [0.4, 0.5) is 0 Å². The third-order valence-corrected chi connectivity index (χ3v) is 5.00. The van der Waals surface area contributed by atoms with Gasteiger partial charge in [0.25, 0.3) is 0 Å². The van der Waals surface area contributed by atoms with Gasteiger partial charge in [-0.2, -0.15) is 0 Å². The summed E-state index contributed by atoms with van der Waals surface area (Å²) in [4.78, 5) is 27.1. The number of piperidine rings is 1. The van der Waals surface area contributed by atoms with Crippen molar-refractivity contribution in [3.63, 3.8) is 0 Å². The maximum absolute atomic E-state index is 12.6. The Balaban J connectivity index is 1.70. The summed E-state index contributed by atoms with van der Waals surface area (Å²) < 4.78 is 0. The van der Waals surface area contributed by atoms with Crippen LogP contribution in [0.1, 0.15) is 36.6 Å². The van der Waals surface area contributed by atoms with Crippen molar-refractivity contribution in [3.8, 4) is 0 Å². The van der Waals surface area contributed by atoms with E-state index in [0.717, 1.165) is 19.4 Å². The Morgan fingerprint density at radius 1 is 1.42 bits per heavy atom. The molecule has 0 bridgehead atoms. The smallest absolute Gasteiger partial charge is 0.228 e. The summed E-state index contributed by atoms with van der Waals surface area (Å²) in [5.74, 6) is 0.259. The summed E-state index contributed by atoms with van der Waals surface area (Å²) in [7, 11) is 0. The van der Waals surface area contributed by atoms with Crippen molar-refractivity contribution in [2.75, 3.05) is 13.1 Å². The van der Waals surface area contributed by atoms with Gasteiger partial charge in [0.1, 0.15) is 0 Å². The van der Waals surface area contributed by atoms with Crippen LogP contribution in [-0.2, 0) is 9.59 Å². The molecule has 19 heavy (non-hydrogen) atoms. The molecule has 0 unspecified atom stereocenters. The number of nitrogens with one attached hydrogen (secondary N) is 1. The Morgan fingerprint density at radius 3 is 3.00 bits per heavy atom. The zero-order valence-electron chi connectivity index (χ0n) is 10.8. The van der Waals surface area contributed by atoms with Gasteiger partial charge in [-0.15, -0.1) is 11.3 Å². The van der Waals surface area contributed by atoms with Gasteiger partial charge in [-0.1, -0.05) is 6.07 Å². The van der Waals surface area contributed by atoms with E-state index >= 15 is 0 Å². The Kier molecular flexibility index (Phi) is 3.55. The standard InChI is InChI=1S/C14H18N2O2S/c17-13-6-5-10(9-15-13)14(18)16-7-1-3-11(16)12-4-2-8-19-12/h2,4,8,10-11H,1,3,5-7,9H2,(H,15,17)/t10-,11-/m1/s1. The van der Waals surface area contributed by atoms with Gasteiger partial charge in [-0.05, 0) is 30.7 Å². The molecule has 4 nitrogen and oxygen atoms in total. The first-order valence-corrected chi connectivity index (χ1v) is 7.74. The third-order valence-electron chi connectivity index (χ3n) is 4.02. The summed E-state index contributed by atoms with van der Waals surface area (Å²) in [5.41, 5.74) is 0. The van der Waals surface area contributed by atoms with Gasteiger partial charge in [-0.3, -0.25) is 9.59 Å². The van der Waals surface area contributed by atoms with Crippen LogP contribution in [0.25, 0.3) is 0 Å². The fourth-order valence-corrected chi connectivity index (χ4v) is 3.86. The van der Waals surface area contributed by atoms with Gasteiger partial charge in [-0.25, -0.2) is 0 Å². The molecule has 0 radical (unpaired) electrons. The fourth-order valence-electron chi connectivity index (χ4n) is 2.99. The zero-order valence-corrected chi connectivity index (χ0v) is 11.6. The van der Waals surface area contributed by atoms with Gasteiger partial charge in [0, 0.05) is 24.4 Å². The number of carbonyl (C=O) groups is 2. The molecular formula is C14H18N2O2S. The lowest BCUT2D eigenvalue weighted by Gasteiger charge is -2.30. The predicted molar refractivity (Wildman–Crippen MR) is 73.7 cm³/mol. The van der Waals surface area contributed by atoms with E-state index in [1.165, 1.54) is 4.88 Å². The third kappa shape index (κ3) is 2.52. The highest BCUT2D eigenvalue weighted by Gasteiger charge is 2.35. The minimum absolute atomic E-state index is 0.0294. The molecule has 0 saturated carbocycles. The van der Waals surface area contributed by atoms with E-state index in [1.54, 1.807) is 11.3 Å². The maximum Gasteiger partial charge on any atom is 0.228 e. The molecule has 2 aliphatic heterocycles. The molecule has 5 heteroatoms. The number of rotatable bonds is 2. The summed E-state index contributed by atoms with van der Waals surface area (Å²) >= 11 is 1.72. The van der Waals surface area contributed by atoms with Gasteiger partial charge in [0.2, 0.25) is 11.8 Å². The molecular weight excluding hydrogens is 260 g/mol. The first-order chi connectivity index (χ1) is 9.25. The maximum atomic E-state index is 12.6. The average Bonchev–Trinajstić information content (AvgIpc) is 3.09. The zero-order chi connectivity index (χ0) is 13.2. The van der Waals surface area contributed by atoms with Crippen LogP contribution < -0.4 is 5.32 Å². The average molecular weight is 278 g/mol. The minimum Gasteiger partial charge on any atom is -0.355 e. The molecule has 2 atom stereocenters. The first kappa shape index (κ1) is 12.7. The second kappa shape index (κ2) is 5.33. The predicted octanol–water partition coefficient (Wildman–Crippen LogP) is 1.94. The van der Waals surface area contributed by atoms with Crippen LogP contribution in [-0.4, -0.2) is 29.8 Å². The van der Waals surface area contributed by atoms with Gasteiger partial charge < -0.3 is 10.2 Å². The van der Waals surface area contributed by atoms with E-state index in [0.29, 0.717) is 19.4 Å². The molecule has 2 saturated heterocycles. The monoisotopic (exact) mass is 278 g/mol. The Morgan fingerprint density at radius 2 is 2.32 bits per heavy atom. The lowest BCUT2D eigenvalue weighted by molar-refractivity contribution is -0.138. The van der Waals surface area contributed by atoms with Gasteiger partial charge in [0.05, 0.1) is 12.0 Å². The first-order valence-electron chi connectivity index (χ1n) is 6.86. The van der Waals surface area contributed by atoms with Crippen molar-refractivity contribution in [2.45, 2.75) is 31.7 Å². The van der Waals surface area contributed by atoms with Crippen LogP contribution in [0, 0.1) is 5.92 Å². The van der Waals surface area contributed by atoms with Crippen molar-refractivity contribution in [2.24, 2.45) is 5.92 Å². The Labute approximate surface area is 116 Å². The van der Waals surface area contributed by atoms with E-state index in [9.17, 15) is 9.59 Å². The van der Waals surface area contributed by atoms with Gasteiger partial charge in [0.15, 0.2) is 0 Å². The van der Waals surface area contributed by atoms with Crippen molar-refractivity contribution in [1.29, 1.82) is 0 Å². The van der Waals surface area contributed by atoms with Crippen molar-refractivity contribution in [1.82, 2.24) is 10.2 Å². The molecule has 102 valence electrons. The van der Waals surface area contributed by atoms with E-state index < -0.39 is 0 Å². The van der Waals surface area contributed by atoms with Crippen molar-refractivity contribution in [3.05, 3.63) is 22.4 Å². The number of likely N-dealkylation sites (tertiary alicyclic amines) is 1. The van der Waals surface area contributed by atoms with Gasteiger partial charge >= 0.3 is 0 Å². The van der Waals surface area contributed by atoms with E-state index in [2.05, 4.69) is 16.8 Å². The number of hydrogen-bond acceptors (Lipinski definition) is 3. The van der Waals surface area contributed by atoms with Crippen molar-refractivity contribution < 1.29 is 9.59 Å². The van der Waals surface area contributed by atoms with Crippen LogP contribution in [0.5, 0.6) is 0 Å². The second-order valence-corrected chi connectivity index (χ2v) is 6.22. The van der Waals surface area contributed by atoms with E-state index in [4.69, 9.17) is 0 Å². The molecule has 1 aromatic rings. The number of carbonyl (C=O) groups excluding carboxylic acids is 2. The van der Waals surface area contributed by atoms with E-state index in [1.807, 2.05) is 11.0 Å². The normalized spacial score (nSPS) is 27.4. The van der Waals surface area contributed by atoms with Crippen LogP contribution in [0.3, 0.4) is 0 Å². The van der Waals surface area contributed by atoms with Crippen LogP contribution in [0.2, 0.25) is 0 Å². The molecule has 3 heterocycles. The summed E-state index contributed by atoms with van der Waals surface area (Å²) in [6.07, 6.45) is 3.31. The molecule has 2 fully saturated rings. The molecule has 2 aliphatic rings. The minimum atomic E-state index is -0.0294. The van der Waals surface area contributed by atoms with Crippen LogP contribution >= 0.6 is 11.3 Å². The van der Waals surface area contributed by atoms with Crippen LogP contribution in [0.15, 0.2) is 17.5 Å². The lowest BCUT2D eigenvalue weighted by atomic mass is 9.97. The largest absolute Gasteiger partial charge is 0.355 e. The number of amides is 2. The highest BCUT2D eigenvalue weighted by Crippen LogP contribution is 2.35. The molecule has 1 N–H and O–H groups in total. The summed E-state index contributed by atoms with van der Waals surface area (Å²) in [6, 6.07) is 4.41. The second-order valence-electron chi connectivity index (χ2n) is 5.24. The van der Waals surface area contributed by atoms with Crippen molar-refractivity contribution >= 4 is 23.2 Å². The summed E-state index contributed by atoms with van der Waals surface area (Å²) in [6.45, 7) is 1.36. The lowest BCUT2D eigenvalue weighted by Crippen LogP contribution is -2.44. The molecule has 0 aliphatic carbocycles. The molecule has 3 rings (SSSR count). The number of thiophene rings is 1. The Hall–Kier alpha value is -1.36. The van der Waals surface area contributed by atoms with E-state index in [-0.39, 0.29) is 23.8 Å². The number of nitrogens with zero attached hydrogens (tertiary/aromatic N) is 1. The number of hydrogen-bond donors (Lipinski definition) is 1. The molecule has 2 amide bonds. The topological polar surface area (TPSA) is 49.4 Å².